The fraction of sp³-hybridized carbons (Fsp3) is 0.867. The Balaban J connectivity index is 1.48. The second-order valence-electron chi connectivity index (χ2n) is 6.56. The standard InChI is InChI=1S/C15H26N2O2S/c1-2-9-20(18,19)17-7-5-16(6-8-17)12-15-11-13-3-4-14(15)10-13/h3-4,13-15H,2,5-12H2,1H3/t13-,14+,15+/m1/s1. The van der Waals surface area contributed by atoms with Crippen LogP contribution in [-0.2, 0) is 10.0 Å². The van der Waals surface area contributed by atoms with Gasteiger partial charge in [0.25, 0.3) is 0 Å². The molecule has 0 spiro atoms. The molecule has 0 radical (unpaired) electrons. The van der Waals surface area contributed by atoms with E-state index in [2.05, 4.69) is 17.1 Å². The third-order valence-corrected chi connectivity index (χ3v) is 7.17. The van der Waals surface area contributed by atoms with Crippen LogP contribution in [0.3, 0.4) is 0 Å². The number of rotatable bonds is 5. The lowest BCUT2D eigenvalue weighted by molar-refractivity contribution is 0.156. The topological polar surface area (TPSA) is 40.6 Å². The molecule has 2 aliphatic carbocycles. The van der Waals surface area contributed by atoms with E-state index in [0.717, 1.165) is 37.4 Å². The zero-order chi connectivity index (χ0) is 14.2. The zero-order valence-electron chi connectivity index (χ0n) is 12.4. The first-order valence-electron chi connectivity index (χ1n) is 7.97. The average Bonchev–Trinajstić information content (AvgIpc) is 3.01. The van der Waals surface area contributed by atoms with E-state index in [4.69, 9.17) is 0 Å². The first kappa shape index (κ1) is 14.5. The third kappa shape index (κ3) is 2.95. The molecule has 0 N–H and O–H groups in total. The lowest BCUT2D eigenvalue weighted by Gasteiger charge is -2.36. The molecule has 1 heterocycles. The molecule has 0 aromatic carbocycles. The van der Waals surface area contributed by atoms with Gasteiger partial charge in [-0.1, -0.05) is 19.1 Å². The summed E-state index contributed by atoms with van der Waals surface area (Å²) >= 11 is 0. The predicted octanol–water partition coefficient (Wildman–Crippen LogP) is 1.56. The summed E-state index contributed by atoms with van der Waals surface area (Å²) in [4.78, 5) is 2.47. The Bertz CT molecular complexity index is 466. The Morgan fingerprint density at radius 3 is 2.40 bits per heavy atom. The minimum atomic E-state index is -3.00. The van der Waals surface area contributed by atoms with Crippen LogP contribution in [0.4, 0.5) is 0 Å². The molecule has 20 heavy (non-hydrogen) atoms. The summed E-state index contributed by atoms with van der Waals surface area (Å²) in [5.74, 6) is 2.73. The number of sulfonamides is 1. The maximum Gasteiger partial charge on any atom is 0.214 e. The lowest BCUT2D eigenvalue weighted by Crippen LogP contribution is -2.50. The number of hydrogen-bond donors (Lipinski definition) is 0. The Hall–Kier alpha value is -0.390. The van der Waals surface area contributed by atoms with Gasteiger partial charge in [-0.3, -0.25) is 0 Å². The molecule has 3 atom stereocenters. The Morgan fingerprint density at radius 2 is 1.85 bits per heavy atom. The summed E-state index contributed by atoms with van der Waals surface area (Å²) in [7, 11) is -3.00. The summed E-state index contributed by atoms with van der Waals surface area (Å²) < 4.78 is 25.8. The predicted molar refractivity (Wildman–Crippen MR) is 80.9 cm³/mol. The van der Waals surface area contributed by atoms with Gasteiger partial charge in [0.15, 0.2) is 0 Å². The minimum Gasteiger partial charge on any atom is -0.300 e. The maximum atomic E-state index is 12.0. The van der Waals surface area contributed by atoms with Crippen molar-refractivity contribution in [2.24, 2.45) is 17.8 Å². The first-order chi connectivity index (χ1) is 9.58. The van der Waals surface area contributed by atoms with Gasteiger partial charge in [0, 0.05) is 32.7 Å². The molecule has 5 heteroatoms. The van der Waals surface area contributed by atoms with E-state index in [1.165, 1.54) is 12.8 Å². The van der Waals surface area contributed by atoms with Crippen LogP contribution >= 0.6 is 0 Å². The van der Waals surface area contributed by atoms with Gasteiger partial charge in [0.2, 0.25) is 10.0 Å². The second-order valence-corrected chi connectivity index (χ2v) is 8.64. The van der Waals surface area contributed by atoms with E-state index in [1.807, 2.05) is 6.92 Å². The van der Waals surface area contributed by atoms with Crippen LogP contribution in [0.15, 0.2) is 12.2 Å². The summed E-state index contributed by atoms with van der Waals surface area (Å²) in [6, 6.07) is 0. The molecule has 2 fully saturated rings. The van der Waals surface area contributed by atoms with Crippen LogP contribution in [0, 0.1) is 17.8 Å². The first-order valence-corrected chi connectivity index (χ1v) is 9.58. The van der Waals surface area contributed by atoms with Gasteiger partial charge in [-0.05, 0) is 37.0 Å². The molecule has 3 rings (SSSR count). The number of piperazine rings is 1. The summed E-state index contributed by atoms with van der Waals surface area (Å²) in [6.45, 7) is 6.25. The van der Waals surface area contributed by atoms with Gasteiger partial charge < -0.3 is 4.90 Å². The van der Waals surface area contributed by atoms with Gasteiger partial charge in [-0.2, -0.15) is 4.31 Å². The highest BCUT2D eigenvalue weighted by molar-refractivity contribution is 7.89. The highest BCUT2D eigenvalue weighted by Crippen LogP contribution is 2.43. The number of hydrogen-bond acceptors (Lipinski definition) is 3. The van der Waals surface area contributed by atoms with E-state index in [-0.39, 0.29) is 0 Å². The van der Waals surface area contributed by atoms with Crippen LogP contribution in [0.2, 0.25) is 0 Å². The van der Waals surface area contributed by atoms with Crippen molar-refractivity contribution in [2.45, 2.75) is 26.2 Å². The Labute approximate surface area is 122 Å². The quantitative estimate of drug-likeness (QED) is 0.723. The molecule has 1 aliphatic heterocycles. The van der Waals surface area contributed by atoms with Crippen LogP contribution in [0.5, 0.6) is 0 Å². The van der Waals surface area contributed by atoms with Crippen molar-refractivity contribution in [2.75, 3.05) is 38.5 Å². The Kier molecular flexibility index (Phi) is 4.20. The molecular weight excluding hydrogens is 272 g/mol. The van der Waals surface area contributed by atoms with Crippen molar-refractivity contribution < 1.29 is 8.42 Å². The molecule has 114 valence electrons. The highest BCUT2D eigenvalue weighted by atomic mass is 32.2. The van der Waals surface area contributed by atoms with E-state index >= 15 is 0 Å². The van der Waals surface area contributed by atoms with E-state index in [1.54, 1.807) is 4.31 Å². The molecular formula is C15H26N2O2S. The molecule has 1 saturated carbocycles. The van der Waals surface area contributed by atoms with Crippen molar-refractivity contribution >= 4 is 10.0 Å². The summed E-state index contributed by atoms with van der Waals surface area (Å²) in [6.07, 6.45) is 8.20. The SMILES string of the molecule is CCCS(=O)(=O)N1CCN(C[C@@H]2C[C@@H]3C=C[C@H]2C3)CC1. The normalized spacial score (nSPS) is 35.0. The van der Waals surface area contributed by atoms with Crippen molar-refractivity contribution in [1.29, 1.82) is 0 Å². The van der Waals surface area contributed by atoms with Crippen LogP contribution in [0.1, 0.15) is 26.2 Å². The fourth-order valence-electron chi connectivity index (χ4n) is 4.01. The maximum absolute atomic E-state index is 12.0. The minimum absolute atomic E-state index is 0.296. The van der Waals surface area contributed by atoms with Crippen molar-refractivity contribution in [3.05, 3.63) is 12.2 Å². The van der Waals surface area contributed by atoms with Gasteiger partial charge in [0.1, 0.15) is 0 Å². The molecule has 4 nitrogen and oxygen atoms in total. The molecule has 0 unspecified atom stereocenters. The third-order valence-electron chi connectivity index (χ3n) is 5.10. The van der Waals surface area contributed by atoms with Gasteiger partial charge >= 0.3 is 0 Å². The van der Waals surface area contributed by atoms with E-state index in [0.29, 0.717) is 25.3 Å². The van der Waals surface area contributed by atoms with Gasteiger partial charge in [0.05, 0.1) is 5.75 Å². The molecule has 3 aliphatic rings. The summed E-state index contributed by atoms with van der Waals surface area (Å²) in [5.41, 5.74) is 0. The number of allylic oxidation sites excluding steroid dienone is 2. The van der Waals surface area contributed by atoms with E-state index in [9.17, 15) is 8.42 Å². The van der Waals surface area contributed by atoms with Crippen molar-refractivity contribution in [1.82, 2.24) is 9.21 Å². The van der Waals surface area contributed by atoms with Crippen LogP contribution < -0.4 is 0 Å². The molecule has 2 bridgehead atoms. The zero-order valence-corrected chi connectivity index (χ0v) is 13.2. The molecule has 0 amide bonds. The number of fused-ring (bicyclic) bond motifs is 2. The van der Waals surface area contributed by atoms with Crippen LogP contribution in [0.25, 0.3) is 0 Å². The average molecular weight is 298 g/mol. The highest BCUT2D eigenvalue weighted by Gasteiger charge is 2.37. The second kappa shape index (κ2) is 5.78. The molecule has 0 aromatic heterocycles. The smallest absolute Gasteiger partial charge is 0.214 e. The largest absolute Gasteiger partial charge is 0.300 e. The van der Waals surface area contributed by atoms with E-state index < -0.39 is 10.0 Å². The fourth-order valence-corrected chi connectivity index (χ4v) is 5.51. The Morgan fingerprint density at radius 1 is 1.10 bits per heavy atom. The molecule has 0 aromatic rings. The summed E-state index contributed by atoms with van der Waals surface area (Å²) in [5, 5.41) is 0. The van der Waals surface area contributed by atoms with Crippen LogP contribution in [-0.4, -0.2) is 56.1 Å². The van der Waals surface area contributed by atoms with Crippen molar-refractivity contribution in [3.8, 4) is 0 Å². The number of nitrogens with zero attached hydrogens (tertiary/aromatic N) is 2. The lowest BCUT2D eigenvalue weighted by atomic mass is 9.93. The van der Waals surface area contributed by atoms with Gasteiger partial charge in [-0.15, -0.1) is 0 Å². The van der Waals surface area contributed by atoms with Crippen molar-refractivity contribution in [3.63, 3.8) is 0 Å². The van der Waals surface area contributed by atoms with Gasteiger partial charge in [-0.25, -0.2) is 8.42 Å². The monoisotopic (exact) mass is 298 g/mol. The molecule has 1 saturated heterocycles.